The molecule has 3 N–H and O–H groups in total. The number of oxime groups is 1. The minimum atomic E-state index is -0.258. The minimum absolute atomic E-state index is 0.0714. The fraction of sp³-hybridized carbons (Fsp3) is 0.462. The van der Waals surface area contributed by atoms with E-state index in [1.807, 2.05) is 32.0 Å². The molecular formula is C13H20N2O3. The van der Waals surface area contributed by atoms with Crippen LogP contribution in [0.25, 0.3) is 0 Å². The third kappa shape index (κ3) is 3.37. The van der Waals surface area contributed by atoms with Crippen LogP contribution in [0.3, 0.4) is 0 Å². The number of benzene rings is 1. The molecule has 0 fully saturated rings. The van der Waals surface area contributed by atoms with Gasteiger partial charge in [-0.3, -0.25) is 0 Å². The highest BCUT2D eigenvalue weighted by molar-refractivity contribution is 5.61. The molecule has 0 aliphatic heterocycles. The molecule has 0 radical (unpaired) electrons. The molecule has 5 heteroatoms. The monoisotopic (exact) mass is 252 g/mol. The van der Waals surface area contributed by atoms with Gasteiger partial charge in [-0.25, -0.2) is 0 Å². The molecule has 1 aromatic carbocycles. The average Bonchev–Trinajstić information content (AvgIpc) is 2.38. The third-order valence-corrected chi connectivity index (χ3v) is 2.74. The fourth-order valence-corrected chi connectivity index (χ4v) is 1.67. The van der Waals surface area contributed by atoms with E-state index in [1.165, 1.54) is 6.21 Å². The van der Waals surface area contributed by atoms with Gasteiger partial charge in [-0.15, -0.1) is 5.16 Å². The Kier molecular flexibility index (Phi) is 5.45. The van der Waals surface area contributed by atoms with Crippen molar-refractivity contribution in [3.05, 3.63) is 23.8 Å². The molecule has 18 heavy (non-hydrogen) atoms. The summed E-state index contributed by atoms with van der Waals surface area (Å²) in [5.74, 6) is 1.27. The molecule has 0 saturated heterocycles. The molecule has 2 atom stereocenters. The summed E-state index contributed by atoms with van der Waals surface area (Å²) in [6, 6.07) is 5.30. The fourth-order valence-electron chi connectivity index (χ4n) is 1.67. The van der Waals surface area contributed by atoms with Gasteiger partial charge in [0.05, 0.1) is 13.7 Å². The van der Waals surface area contributed by atoms with Crippen molar-refractivity contribution in [2.75, 3.05) is 13.7 Å². The van der Waals surface area contributed by atoms with E-state index < -0.39 is 0 Å². The van der Waals surface area contributed by atoms with Crippen LogP contribution in [0, 0.1) is 5.92 Å². The smallest absolute Gasteiger partial charge is 0.161 e. The van der Waals surface area contributed by atoms with Crippen molar-refractivity contribution in [2.45, 2.75) is 19.9 Å². The molecular weight excluding hydrogens is 232 g/mol. The molecule has 0 heterocycles. The summed E-state index contributed by atoms with van der Waals surface area (Å²) in [6.07, 6.45) is 1.41. The van der Waals surface area contributed by atoms with Crippen LogP contribution in [0.4, 0.5) is 0 Å². The SMILES string of the molecule is CCOc1cc(C(N)C(C)C=NO)ccc1OC. The highest BCUT2D eigenvalue weighted by Gasteiger charge is 2.15. The van der Waals surface area contributed by atoms with Gasteiger partial charge in [0.15, 0.2) is 11.5 Å². The third-order valence-electron chi connectivity index (χ3n) is 2.74. The van der Waals surface area contributed by atoms with E-state index in [2.05, 4.69) is 5.16 Å². The first kappa shape index (κ1) is 14.3. The van der Waals surface area contributed by atoms with E-state index in [-0.39, 0.29) is 12.0 Å². The van der Waals surface area contributed by atoms with E-state index in [0.29, 0.717) is 18.1 Å². The first-order valence-electron chi connectivity index (χ1n) is 5.87. The summed E-state index contributed by atoms with van der Waals surface area (Å²) in [5.41, 5.74) is 6.99. The molecule has 0 aliphatic rings. The van der Waals surface area contributed by atoms with Gasteiger partial charge in [-0.2, -0.15) is 0 Å². The van der Waals surface area contributed by atoms with Crippen LogP contribution in [0.2, 0.25) is 0 Å². The molecule has 0 spiro atoms. The Balaban J connectivity index is 2.99. The van der Waals surface area contributed by atoms with Gasteiger partial charge < -0.3 is 20.4 Å². The van der Waals surface area contributed by atoms with Gasteiger partial charge in [0.2, 0.25) is 0 Å². The molecule has 5 nitrogen and oxygen atoms in total. The van der Waals surface area contributed by atoms with Crippen LogP contribution in [0.5, 0.6) is 11.5 Å². The summed E-state index contributed by atoms with van der Waals surface area (Å²) in [7, 11) is 1.60. The molecule has 0 aliphatic carbocycles. The number of nitrogens with zero attached hydrogens (tertiary/aromatic N) is 1. The lowest BCUT2D eigenvalue weighted by atomic mass is 9.96. The second-order valence-electron chi connectivity index (χ2n) is 3.99. The van der Waals surface area contributed by atoms with Gasteiger partial charge in [-0.05, 0) is 24.6 Å². The first-order chi connectivity index (χ1) is 8.63. The predicted molar refractivity (Wildman–Crippen MR) is 70.5 cm³/mol. The molecule has 1 aromatic rings. The zero-order valence-corrected chi connectivity index (χ0v) is 11.0. The maximum absolute atomic E-state index is 8.52. The Morgan fingerprint density at radius 1 is 1.44 bits per heavy atom. The van der Waals surface area contributed by atoms with Crippen LogP contribution in [-0.4, -0.2) is 25.1 Å². The van der Waals surface area contributed by atoms with Gasteiger partial charge >= 0.3 is 0 Å². The van der Waals surface area contributed by atoms with Crippen molar-refractivity contribution in [3.8, 4) is 11.5 Å². The average molecular weight is 252 g/mol. The Hall–Kier alpha value is -1.75. The number of hydrogen-bond donors (Lipinski definition) is 2. The minimum Gasteiger partial charge on any atom is -0.493 e. The highest BCUT2D eigenvalue weighted by Crippen LogP contribution is 2.31. The quantitative estimate of drug-likeness (QED) is 0.462. The summed E-state index contributed by atoms with van der Waals surface area (Å²) in [4.78, 5) is 0. The van der Waals surface area contributed by atoms with Crippen LogP contribution < -0.4 is 15.2 Å². The van der Waals surface area contributed by atoms with Gasteiger partial charge in [0.25, 0.3) is 0 Å². The topological polar surface area (TPSA) is 77.1 Å². The molecule has 0 amide bonds. The van der Waals surface area contributed by atoms with E-state index >= 15 is 0 Å². The standard InChI is InChI=1S/C13H20N2O3/c1-4-18-12-7-10(5-6-11(12)17-3)13(14)9(2)8-15-16/h5-9,13,16H,4,14H2,1-3H3. The Morgan fingerprint density at radius 3 is 2.72 bits per heavy atom. The van der Waals surface area contributed by atoms with Crippen molar-refractivity contribution in [2.24, 2.45) is 16.8 Å². The zero-order chi connectivity index (χ0) is 13.5. The second-order valence-corrected chi connectivity index (χ2v) is 3.99. The second kappa shape index (κ2) is 6.86. The predicted octanol–water partition coefficient (Wildman–Crippen LogP) is 2.19. The molecule has 2 unspecified atom stereocenters. The Bertz CT molecular complexity index is 407. The number of methoxy groups -OCH3 is 1. The van der Waals surface area contributed by atoms with Crippen molar-refractivity contribution >= 4 is 6.21 Å². The lowest BCUT2D eigenvalue weighted by molar-refractivity contribution is 0.310. The highest BCUT2D eigenvalue weighted by atomic mass is 16.5. The van der Waals surface area contributed by atoms with E-state index in [9.17, 15) is 0 Å². The molecule has 0 aromatic heterocycles. The molecule has 0 bridgehead atoms. The van der Waals surface area contributed by atoms with Crippen molar-refractivity contribution in [1.82, 2.24) is 0 Å². The van der Waals surface area contributed by atoms with Crippen LogP contribution in [-0.2, 0) is 0 Å². The molecule has 0 saturated carbocycles. The van der Waals surface area contributed by atoms with Crippen LogP contribution in [0.1, 0.15) is 25.5 Å². The van der Waals surface area contributed by atoms with Crippen molar-refractivity contribution in [3.63, 3.8) is 0 Å². The summed E-state index contributed by atoms with van der Waals surface area (Å²) in [6.45, 7) is 4.35. The lowest BCUT2D eigenvalue weighted by Gasteiger charge is -2.18. The van der Waals surface area contributed by atoms with Gasteiger partial charge in [0, 0.05) is 18.2 Å². The number of rotatable bonds is 6. The van der Waals surface area contributed by atoms with E-state index in [4.69, 9.17) is 20.4 Å². The summed E-state index contributed by atoms with van der Waals surface area (Å²) >= 11 is 0. The van der Waals surface area contributed by atoms with Crippen LogP contribution >= 0.6 is 0 Å². The molecule has 1 rings (SSSR count). The largest absolute Gasteiger partial charge is 0.493 e. The summed E-state index contributed by atoms with van der Waals surface area (Å²) in [5, 5.41) is 11.5. The van der Waals surface area contributed by atoms with Crippen LogP contribution in [0.15, 0.2) is 23.4 Å². The van der Waals surface area contributed by atoms with Crippen molar-refractivity contribution in [1.29, 1.82) is 0 Å². The number of nitrogens with two attached hydrogens (primary N) is 1. The molecule has 100 valence electrons. The van der Waals surface area contributed by atoms with Crippen molar-refractivity contribution < 1.29 is 14.7 Å². The number of ether oxygens (including phenoxy) is 2. The van der Waals surface area contributed by atoms with Gasteiger partial charge in [0.1, 0.15) is 0 Å². The lowest BCUT2D eigenvalue weighted by Crippen LogP contribution is -2.20. The first-order valence-corrected chi connectivity index (χ1v) is 5.87. The summed E-state index contributed by atoms with van der Waals surface area (Å²) < 4.78 is 10.7. The normalized spacial score (nSPS) is 14.4. The zero-order valence-electron chi connectivity index (χ0n) is 11.0. The maximum Gasteiger partial charge on any atom is 0.161 e. The Morgan fingerprint density at radius 2 is 2.17 bits per heavy atom. The van der Waals surface area contributed by atoms with E-state index in [1.54, 1.807) is 7.11 Å². The Labute approximate surface area is 107 Å². The van der Waals surface area contributed by atoms with Gasteiger partial charge in [-0.1, -0.05) is 13.0 Å². The van der Waals surface area contributed by atoms with E-state index in [0.717, 1.165) is 5.56 Å². The number of hydrogen-bond acceptors (Lipinski definition) is 5. The maximum atomic E-state index is 8.52.